The lowest BCUT2D eigenvalue weighted by Gasteiger charge is -2.35. The second kappa shape index (κ2) is 5.27. The molecule has 2 heterocycles. The third-order valence-corrected chi connectivity index (χ3v) is 4.56. The summed E-state index contributed by atoms with van der Waals surface area (Å²) in [6.45, 7) is 6.68. The second-order valence-electron chi connectivity index (χ2n) is 5.13. The largest absolute Gasteiger partial charge is 0.375 e. The van der Waals surface area contributed by atoms with E-state index in [-0.39, 0.29) is 17.6 Å². The molecule has 1 atom stereocenters. The van der Waals surface area contributed by atoms with Crippen LogP contribution in [-0.4, -0.2) is 29.1 Å². The summed E-state index contributed by atoms with van der Waals surface area (Å²) >= 11 is 4.85. The van der Waals surface area contributed by atoms with E-state index >= 15 is 0 Å². The molecule has 0 unspecified atom stereocenters. The maximum absolute atomic E-state index is 12.1. The van der Waals surface area contributed by atoms with Crippen LogP contribution in [0, 0.1) is 6.92 Å². The summed E-state index contributed by atoms with van der Waals surface area (Å²) < 4.78 is 6.43. The summed E-state index contributed by atoms with van der Waals surface area (Å²) in [4.78, 5) is 16.4. The molecule has 0 saturated carbocycles. The molecule has 1 aromatic rings. The number of thiazole rings is 1. The lowest BCUT2D eigenvalue weighted by atomic mass is 9.94. The molecule has 18 heavy (non-hydrogen) atoms. The van der Waals surface area contributed by atoms with Gasteiger partial charge in [-0.2, -0.15) is 0 Å². The van der Waals surface area contributed by atoms with E-state index in [0.29, 0.717) is 12.3 Å². The van der Waals surface area contributed by atoms with Gasteiger partial charge in [0.15, 0.2) is 5.69 Å². The fourth-order valence-electron chi connectivity index (χ4n) is 2.15. The van der Waals surface area contributed by atoms with Crippen molar-refractivity contribution in [3.63, 3.8) is 0 Å². The van der Waals surface area contributed by atoms with Crippen LogP contribution in [0.4, 0.5) is 0 Å². The molecule has 1 fully saturated rings. The van der Waals surface area contributed by atoms with E-state index < -0.39 is 0 Å². The second-order valence-corrected chi connectivity index (χ2v) is 7.65. The zero-order chi connectivity index (χ0) is 13.3. The van der Waals surface area contributed by atoms with Gasteiger partial charge in [-0.15, -0.1) is 11.3 Å². The highest BCUT2D eigenvalue weighted by molar-refractivity contribution is 9.11. The molecule has 1 N–H and O–H groups in total. The zero-order valence-corrected chi connectivity index (χ0v) is 13.2. The Morgan fingerprint density at radius 3 is 2.89 bits per heavy atom. The number of amides is 1. The van der Waals surface area contributed by atoms with Crippen LogP contribution in [0.3, 0.4) is 0 Å². The van der Waals surface area contributed by atoms with Crippen molar-refractivity contribution < 1.29 is 9.53 Å². The Labute approximate surface area is 119 Å². The van der Waals surface area contributed by atoms with Gasteiger partial charge in [0.05, 0.1) is 10.6 Å². The van der Waals surface area contributed by atoms with Crippen LogP contribution in [-0.2, 0) is 4.74 Å². The van der Waals surface area contributed by atoms with E-state index in [1.807, 2.05) is 20.8 Å². The molecule has 2 rings (SSSR count). The highest BCUT2D eigenvalue weighted by Crippen LogP contribution is 2.26. The minimum Gasteiger partial charge on any atom is -0.375 e. The molecule has 1 saturated heterocycles. The van der Waals surface area contributed by atoms with Crippen LogP contribution in [0.15, 0.2) is 3.79 Å². The summed E-state index contributed by atoms with van der Waals surface area (Å²) in [5.41, 5.74) is 0.326. The van der Waals surface area contributed by atoms with E-state index in [0.717, 1.165) is 21.6 Å². The molecule has 0 bridgehead atoms. The Morgan fingerprint density at radius 2 is 2.33 bits per heavy atom. The first-order chi connectivity index (χ1) is 8.37. The molecule has 4 nitrogen and oxygen atoms in total. The summed E-state index contributed by atoms with van der Waals surface area (Å²) in [6, 6.07) is 0.162. The Morgan fingerprint density at radius 1 is 1.61 bits per heavy atom. The van der Waals surface area contributed by atoms with Gasteiger partial charge in [-0.3, -0.25) is 4.79 Å². The molecule has 1 aliphatic rings. The van der Waals surface area contributed by atoms with Gasteiger partial charge in [-0.25, -0.2) is 4.98 Å². The first-order valence-electron chi connectivity index (χ1n) is 5.95. The van der Waals surface area contributed by atoms with E-state index in [2.05, 4.69) is 26.2 Å². The molecular formula is C12H17BrN2O2S. The van der Waals surface area contributed by atoms with Crippen molar-refractivity contribution in [2.24, 2.45) is 0 Å². The lowest BCUT2D eigenvalue weighted by molar-refractivity contribution is -0.0615. The Kier molecular flexibility index (Phi) is 4.08. The normalized spacial score (nSPS) is 22.8. The van der Waals surface area contributed by atoms with Crippen molar-refractivity contribution in [1.29, 1.82) is 0 Å². The van der Waals surface area contributed by atoms with Gasteiger partial charge in [0.2, 0.25) is 0 Å². The number of rotatable bonds is 2. The number of halogens is 1. The topological polar surface area (TPSA) is 51.2 Å². The Bertz CT molecular complexity index is 459. The Balaban J connectivity index is 2.01. The van der Waals surface area contributed by atoms with Gasteiger partial charge >= 0.3 is 0 Å². The number of aromatic nitrogens is 1. The van der Waals surface area contributed by atoms with Crippen LogP contribution in [0.2, 0.25) is 0 Å². The molecule has 1 aliphatic heterocycles. The molecule has 0 aliphatic carbocycles. The van der Waals surface area contributed by atoms with E-state index in [9.17, 15) is 4.79 Å². The number of carbonyl (C=O) groups excluding carboxylic acids is 1. The van der Waals surface area contributed by atoms with Gasteiger partial charge in [0, 0.05) is 12.6 Å². The van der Waals surface area contributed by atoms with Gasteiger partial charge < -0.3 is 10.1 Å². The predicted octanol–water partition coefficient (Wildman–Crippen LogP) is 2.90. The molecule has 1 aromatic heterocycles. The zero-order valence-electron chi connectivity index (χ0n) is 10.7. The number of aryl methyl sites for hydroxylation is 1. The van der Waals surface area contributed by atoms with E-state index in [4.69, 9.17) is 4.74 Å². The van der Waals surface area contributed by atoms with Gasteiger partial charge in [0.25, 0.3) is 5.91 Å². The average molecular weight is 333 g/mol. The fraction of sp³-hybridized carbons (Fsp3) is 0.667. The molecule has 0 aromatic carbocycles. The van der Waals surface area contributed by atoms with Crippen molar-refractivity contribution in [3.8, 4) is 0 Å². The summed E-state index contributed by atoms with van der Waals surface area (Å²) in [5.74, 6) is -0.103. The summed E-state index contributed by atoms with van der Waals surface area (Å²) in [6.07, 6.45) is 1.69. The fourth-order valence-corrected chi connectivity index (χ4v) is 3.75. The van der Waals surface area contributed by atoms with Crippen molar-refractivity contribution in [1.82, 2.24) is 10.3 Å². The Hall–Kier alpha value is -0.460. The smallest absolute Gasteiger partial charge is 0.272 e. The highest BCUT2D eigenvalue weighted by Gasteiger charge is 2.30. The minimum atomic E-state index is -0.161. The third kappa shape index (κ3) is 3.30. The molecular weight excluding hydrogens is 316 g/mol. The monoisotopic (exact) mass is 332 g/mol. The standard InChI is InChI=1S/C12H17BrN2O2S/c1-7-14-9(10(13)18-7)11(16)15-8-4-5-17-12(2,3)6-8/h8H,4-6H2,1-3H3,(H,15,16)/t8-/m0/s1. The number of nitrogens with one attached hydrogen (secondary N) is 1. The third-order valence-electron chi connectivity index (χ3n) is 2.94. The van der Waals surface area contributed by atoms with Crippen molar-refractivity contribution in [3.05, 3.63) is 14.5 Å². The summed E-state index contributed by atoms with van der Waals surface area (Å²) in [5, 5.41) is 3.93. The molecule has 0 spiro atoms. The minimum absolute atomic E-state index is 0.103. The quantitative estimate of drug-likeness (QED) is 0.905. The number of nitrogens with zero attached hydrogens (tertiary/aromatic N) is 1. The van der Waals surface area contributed by atoms with Crippen LogP contribution in [0.25, 0.3) is 0 Å². The van der Waals surface area contributed by atoms with Crippen molar-refractivity contribution in [2.75, 3.05) is 6.61 Å². The van der Waals surface area contributed by atoms with Crippen LogP contribution in [0.1, 0.15) is 42.2 Å². The highest BCUT2D eigenvalue weighted by atomic mass is 79.9. The molecule has 6 heteroatoms. The van der Waals surface area contributed by atoms with Gasteiger partial charge in [0.1, 0.15) is 3.79 Å². The molecule has 1 amide bonds. The maximum atomic E-state index is 12.1. The number of ether oxygens (including phenoxy) is 1. The predicted molar refractivity (Wildman–Crippen MR) is 75.1 cm³/mol. The SMILES string of the molecule is Cc1nc(C(=O)N[C@H]2CCOC(C)(C)C2)c(Br)s1. The van der Waals surface area contributed by atoms with Crippen LogP contribution in [0.5, 0.6) is 0 Å². The number of carbonyl (C=O) groups is 1. The van der Waals surface area contributed by atoms with Crippen LogP contribution >= 0.6 is 27.3 Å². The van der Waals surface area contributed by atoms with Gasteiger partial charge in [-0.05, 0) is 49.5 Å². The van der Waals surface area contributed by atoms with Crippen molar-refractivity contribution >= 4 is 33.2 Å². The van der Waals surface area contributed by atoms with Gasteiger partial charge in [-0.1, -0.05) is 0 Å². The number of hydrogen-bond acceptors (Lipinski definition) is 4. The average Bonchev–Trinajstić information content (AvgIpc) is 2.56. The number of hydrogen-bond donors (Lipinski definition) is 1. The summed E-state index contributed by atoms with van der Waals surface area (Å²) in [7, 11) is 0. The maximum Gasteiger partial charge on any atom is 0.272 e. The lowest BCUT2D eigenvalue weighted by Crippen LogP contribution is -2.45. The van der Waals surface area contributed by atoms with Crippen LogP contribution < -0.4 is 5.32 Å². The van der Waals surface area contributed by atoms with E-state index in [1.165, 1.54) is 11.3 Å². The van der Waals surface area contributed by atoms with E-state index in [1.54, 1.807) is 0 Å². The molecule has 0 radical (unpaired) electrons. The first-order valence-corrected chi connectivity index (χ1v) is 7.56. The first kappa shape index (κ1) is 14.0. The molecule has 100 valence electrons. The van der Waals surface area contributed by atoms with Crippen molar-refractivity contribution in [2.45, 2.75) is 45.3 Å².